The molecule has 2 aromatic rings. The van der Waals surface area contributed by atoms with Gasteiger partial charge in [-0.1, -0.05) is 29.8 Å². The number of thioether (sulfide) groups is 1. The van der Waals surface area contributed by atoms with Gasteiger partial charge in [0.1, 0.15) is 11.0 Å². The van der Waals surface area contributed by atoms with Crippen molar-refractivity contribution in [1.82, 2.24) is 14.3 Å². The number of aromatic nitrogens is 2. The zero-order chi connectivity index (χ0) is 16.2. The lowest BCUT2D eigenvalue weighted by atomic mass is 10.2. The van der Waals surface area contributed by atoms with E-state index >= 15 is 0 Å². The molecule has 0 spiro atoms. The van der Waals surface area contributed by atoms with Gasteiger partial charge in [-0.25, -0.2) is 22.5 Å². The Hall–Kier alpha value is -1.09. The van der Waals surface area contributed by atoms with Crippen LogP contribution in [0.2, 0.25) is 5.15 Å². The van der Waals surface area contributed by atoms with E-state index in [0.717, 1.165) is 0 Å². The molecular weight excluding hydrogens is 349 g/mol. The second-order valence-electron chi connectivity index (χ2n) is 4.49. The van der Waals surface area contributed by atoms with Gasteiger partial charge in [-0.05, 0) is 11.6 Å². The number of imidazole rings is 1. The van der Waals surface area contributed by atoms with Gasteiger partial charge in [-0.15, -0.1) is 0 Å². The second-order valence-corrected chi connectivity index (χ2v) is 7.64. The monoisotopic (exact) mass is 363 g/mol. The fourth-order valence-corrected chi connectivity index (χ4v) is 4.12. The van der Waals surface area contributed by atoms with Gasteiger partial charge in [0, 0.05) is 25.1 Å². The van der Waals surface area contributed by atoms with Crippen molar-refractivity contribution in [2.45, 2.75) is 10.8 Å². The molecule has 9 heteroatoms. The number of benzene rings is 1. The van der Waals surface area contributed by atoms with Crippen molar-refractivity contribution < 1.29 is 12.8 Å². The molecule has 0 atom stereocenters. The third kappa shape index (κ3) is 4.22. The average Bonchev–Trinajstić information content (AvgIpc) is 2.81. The first kappa shape index (κ1) is 17.3. The number of hydrogen-bond donors (Lipinski definition) is 1. The predicted molar refractivity (Wildman–Crippen MR) is 86.0 cm³/mol. The van der Waals surface area contributed by atoms with Crippen LogP contribution >= 0.6 is 23.4 Å². The molecule has 22 heavy (non-hydrogen) atoms. The van der Waals surface area contributed by atoms with Gasteiger partial charge < -0.3 is 4.57 Å². The summed E-state index contributed by atoms with van der Waals surface area (Å²) in [6, 6.07) is 6.51. The standard InChI is InChI=1S/C13H15ClFN3O2S2/c1-18-9-16-13(12(18)14)22(19,20)17-6-7-21-8-10-4-2-3-5-11(10)15/h2-5,9,17H,6-8H2,1H3. The van der Waals surface area contributed by atoms with E-state index in [4.69, 9.17) is 11.6 Å². The summed E-state index contributed by atoms with van der Waals surface area (Å²) >= 11 is 7.31. The number of nitrogens with zero attached hydrogens (tertiary/aromatic N) is 2. The fraction of sp³-hybridized carbons (Fsp3) is 0.308. The van der Waals surface area contributed by atoms with E-state index in [1.54, 1.807) is 25.2 Å². The number of halogens is 2. The van der Waals surface area contributed by atoms with Gasteiger partial charge in [0.05, 0.1) is 6.33 Å². The molecule has 1 aromatic carbocycles. The molecule has 0 aliphatic carbocycles. The average molecular weight is 364 g/mol. The maximum atomic E-state index is 13.4. The fourth-order valence-electron chi connectivity index (χ4n) is 1.69. The number of nitrogens with one attached hydrogen (secondary N) is 1. The van der Waals surface area contributed by atoms with Gasteiger partial charge in [-0.2, -0.15) is 11.8 Å². The third-order valence-corrected chi connectivity index (χ3v) is 5.80. The van der Waals surface area contributed by atoms with E-state index in [1.807, 2.05) is 0 Å². The molecule has 0 radical (unpaired) electrons. The maximum absolute atomic E-state index is 13.4. The molecule has 0 saturated carbocycles. The maximum Gasteiger partial charge on any atom is 0.261 e. The highest BCUT2D eigenvalue weighted by molar-refractivity contribution is 7.98. The molecule has 1 aromatic heterocycles. The highest BCUT2D eigenvalue weighted by Gasteiger charge is 2.21. The Balaban J connectivity index is 1.81. The van der Waals surface area contributed by atoms with Crippen LogP contribution in [0.3, 0.4) is 0 Å². The molecule has 0 aliphatic heterocycles. The molecule has 1 N–H and O–H groups in total. The largest absolute Gasteiger partial charge is 0.324 e. The number of aryl methyl sites for hydroxylation is 1. The molecule has 0 bridgehead atoms. The van der Waals surface area contributed by atoms with Gasteiger partial charge >= 0.3 is 0 Å². The van der Waals surface area contributed by atoms with Crippen molar-refractivity contribution in [1.29, 1.82) is 0 Å². The lowest BCUT2D eigenvalue weighted by Crippen LogP contribution is -2.26. The molecule has 0 amide bonds. The van der Waals surface area contributed by atoms with Crippen molar-refractivity contribution in [3.8, 4) is 0 Å². The van der Waals surface area contributed by atoms with Crippen molar-refractivity contribution in [3.05, 3.63) is 47.1 Å². The number of sulfonamides is 1. The summed E-state index contributed by atoms with van der Waals surface area (Å²) in [6.07, 6.45) is 1.34. The smallest absolute Gasteiger partial charge is 0.261 e. The van der Waals surface area contributed by atoms with E-state index in [0.29, 0.717) is 17.1 Å². The summed E-state index contributed by atoms with van der Waals surface area (Å²) in [6.45, 7) is 0.217. The van der Waals surface area contributed by atoms with Gasteiger partial charge in [0.2, 0.25) is 5.03 Å². The van der Waals surface area contributed by atoms with Gasteiger partial charge in [0.15, 0.2) is 0 Å². The van der Waals surface area contributed by atoms with Crippen molar-refractivity contribution in [3.63, 3.8) is 0 Å². The topological polar surface area (TPSA) is 64.0 Å². The van der Waals surface area contributed by atoms with E-state index in [1.165, 1.54) is 28.7 Å². The Morgan fingerprint density at radius 3 is 2.77 bits per heavy atom. The minimum Gasteiger partial charge on any atom is -0.324 e. The predicted octanol–water partition coefficient (Wildman–Crippen LogP) is 2.42. The van der Waals surface area contributed by atoms with Crippen LogP contribution in [0.25, 0.3) is 0 Å². The number of hydrogen-bond acceptors (Lipinski definition) is 4. The molecule has 2 rings (SSSR count). The van der Waals surface area contributed by atoms with Gasteiger partial charge in [-0.3, -0.25) is 0 Å². The summed E-state index contributed by atoms with van der Waals surface area (Å²) in [5.74, 6) is 0.743. The SMILES string of the molecule is Cn1cnc(S(=O)(=O)NCCSCc2ccccc2F)c1Cl. The minimum atomic E-state index is -3.72. The summed E-state index contributed by atoms with van der Waals surface area (Å²) in [7, 11) is -2.11. The Morgan fingerprint density at radius 1 is 1.41 bits per heavy atom. The zero-order valence-corrected chi connectivity index (χ0v) is 14.2. The molecular formula is C13H15ClFN3O2S2. The zero-order valence-electron chi connectivity index (χ0n) is 11.8. The van der Waals surface area contributed by atoms with Crippen molar-refractivity contribution in [2.75, 3.05) is 12.3 Å². The number of rotatable bonds is 7. The van der Waals surface area contributed by atoms with Crippen LogP contribution < -0.4 is 4.72 Å². The second kappa shape index (κ2) is 7.45. The molecule has 0 saturated heterocycles. The van der Waals surface area contributed by atoms with Crippen LogP contribution in [0, 0.1) is 5.82 Å². The van der Waals surface area contributed by atoms with E-state index in [-0.39, 0.29) is 22.5 Å². The van der Waals surface area contributed by atoms with Crippen LogP contribution in [0.5, 0.6) is 0 Å². The van der Waals surface area contributed by atoms with Crippen molar-refractivity contribution >= 4 is 33.4 Å². The minimum absolute atomic E-state index is 0.0616. The van der Waals surface area contributed by atoms with Crippen LogP contribution in [0.15, 0.2) is 35.6 Å². The third-order valence-electron chi connectivity index (χ3n) is 2.84. The first-order valence-electron chi connectivity index (χ1n) is 6.39. The van der Waals surface area contributed by atoms with Gasteiger partial charge in [0.25, 0.3) is 10.0 Å². The Morgan fingerprint density at radius 2 is 2.14 bits per heavy atom. The Bertz CT molecular complexity index is 749. The quantitative estimate of drug-likeness (QED) is 0.767. The van der Waals surface area contributed by atoms with Crippen LogP contribution in [0.1, 0.15) is 5.56 Å². The summed E-state index contributed by atoms with van der Waals surface area (Å²) in [5.41, 5.74) is 0.600. The molecule has 120 valence electrons. The lowest BCUT2D eigenvalue weighted by Gasteiger charge is -2.06. The highest BCUT2D eigenvalue weighted by atomic mass is 35.5. The molecule has 0 unspecified atom stereocenters. The Labute approximate surface area is 137 Å². The molecule has 5 nitrogen and oxygen atoms in total. The summed E-state index contributed by atoms with van der Waals surface area (Å²) in [4.78, 5) is 3.77. The van der Waals surface area contributed by atoms with E-state index in [9.17, 15) is 12.8 Å². The first-order valence-corrected chi connectivity index (χ1v) is 9.41. The van der Waals surface area contributed by atoms with E-state index < -0.39 is 10.0 Å². The molecule has 0 fully saturated rings. The van der Waals surface area contributed by atoms with Crippen molar-refractivity contribution in [2.24, 2.45) is 7.05 Å². The Kier molecular flexibility index (Phi) is 5.85. The highest BCUT2D eigenvalue weighted by Crippen LogP contribution is 2.18. The first-order chi connectivity index (χ1) is 10.4. The molecule has 0 aliphatic rings. The lowest BCUT2D eigenvalue weighted by molar-refractivity contribution is 0.581. The van der Waals surface area contributed by atoms with E-state index in [2.05, 4.69) is 9.71 Å². The van der Waals surface area contributed by atoms with Crippen LogP contribution in [-0.2, 0) is 22.8 Å². The summed E-state index contributed by atoms with van der Waals surface area (Å²) in [5, 5.41) is -0.123. The summed E-state index contributed by atoms with van der Waals surface area (Å²) < 4.78 is 41.3. The normalized spacial score (nSPS) is 11.8. The molecule has 1 heterocycles. The van der Waals surface area contributed by atoms with Crippen LogP contribution in [0.4, 0.5) is 4.39 Å². The van der Waals surface area contributed by atoms with Crippen LogP contribution in [-0.4, -0.2) is 30.3 Å².